The van der Waals surface area contributed by atoms with Crippen LogP contribution in [0.3, 0.4) is 0 Å². The van der Waals surface area contributed by atoms with Crippen LogP contribution in [-0.4, -0.2) is 68.4 Å². The summed E-state index contributed by atoms with van der Waals surface area (Å²) < 4.78 is 65.2. The third kappa shape index (κ3) is 4.69. The zero-order valence-electron chi connectivity index (χ0n) is 17.3. The molecule has 2 aliphatic rings. The maximum Gasteiger partial charge on any atom is 0.322 e. The number of likely N-dealkylation sites (tertiary alicyclic amines) is 1. The van der Waals surface area contributed by atoms with E-state index in [1.165, 1.54) is 9.21 Å². The first-order valence-corrected chi connectivity index (χ1v) is 11.6. The Bertz CT molecular complexity index is 1100. The van der Waals surface area contributed by atoms with Crippen LogP contribution in [0.25, 0.3) is 0 Å². The summed E-state index contributed by atoms with van der Waals surface area (Å²) in [5, 5.41) is 2.41. The number of sulfonamides is 1. The van der Waals surface area contributed by atoms with E-state index in [4.69, 9.17) is 9.47 Å². The molecule has 2 amide bonds. The Morgan fingerprint density at radius 2 is 1.94 bits per heavy atom. The van der Waals surface area contributed by atoms with Gasteiger partial charge in [0, 0.05) is 19.2 Å². The van der Waals surface area contributed by atoms with E-state index in [2.05, 4.69) is 5.32 Å². The first-order valence-electron chi connectivity index (χ1n) is 10.0. The number of nitrogens with one attached hydrogen (secondary N) is 1. The molecule has 2 heterocycles. The lowest BCUT2D eigenvalue weighted by Gasteiger charge is -2.28. The summed E-state index contributed by atoms with van der Waals surface area (Å²) >= 11 is 0. The molecule has 0 aliphatic carbocycles. The molecule has 2 aliphatic heterocycles. The van der Waals surface area contributed by atoms with Crippen LogP contribution in [0.5, 0.6) is 5.75 Å². The third-order valence-corrected chi connectivity index (χ3v) is 7.39. The van der Waals surface area contributed by atoms with Gasteiger partial charge in [-0.3, -0.25) is 0 Å². The maximum atomic E-state index is 13.9. The lowest BCUT2D eigenvalue weighted by atomic mass is 10.1. The van der Waals surface area contributed by atoms with Gasteiger partial charge in [-0.25, -0.2) is 22.0 Å². The fraction of sp³-hybridized carbons (Fsp3) is 0.381. The van der Waals surface area contributed by atoms with Gasteiger partial charge in [0.25, 0.3) is 0 Å². The normalized spacial score (nSPS) is 22.8. The van der Waals surface area contributed by atoms with E-state index < -0.39 is 39.8 Å². The molecule has 0 unspecified atom stereocenters. The van der Waals surface area contributed by atoms with Gasteiger partial charge in [0.1, 0.15) is 17.4 Å². The van der Waals surface area contributed by atoms with Gasteiger partial charge in [-0.05, 0) is 29.8 Å². The zero-order chi connectivity index (χ0) is 22.9. The number of carbonyl (C=O) groups excluding carboxylic acids is 1. The van der Waals surface area contributed by atoms with Crippen molar-refractivity contribution in [3.05, 3.63) is 59.7 Å². The van der Waals surface area contributed by atoms with Gasteiger partial charge in [0.05, 0.1) is 43.8 Å². The molecule has 0 spiro atoms. The van der Waals surface area contributed by atoms with Crippen molar-refractivity contribution in [1.82, 2.24) is 9.21 Å². The van der Waals surface area contributed by atoms with E-state index in [0.29, 0.717) is 11.8 Å². The number of hydrogen-bond donors (Lipinski definition) is 1. The molecule has 2 fully saturated rings. The van der Waals surface area contributed by atoms with Crippen LogP contribution in [0.1, 0.15) is 5.56 Å². The number of amides is 2. The highest BCUT2D eigenvalue weighted by molar-refractivity contribution is 7.89. The van der Waals surface area contributed by atoms with Crippen molar-refractivity contribution in [3.8, 4) is 5.75 Å². The average Bonchev–Trinajstić information content (AvgIpc) is 3.13. The third-order valence-electron chi connectivity index (χ3n) is 5.59. The van der Waals surface area contributed by atoms with Gasteiger partial charge < -0.3 is 19.7 Å². The zero-order valence-corrected chi connectivity index (χ0v) is 18.1. The second kappa shape index (κ2) is 9.00. The Balaban J connectivity index is 1.52. The van der Waals surface area contributed by atoms with Gasteiger partial charge in [-0.1, -0.05) is 12.1 Å². The van der Waals surface area contributed by atoms with Crippen molar-refractivity contribution >= 4 is 21.7 Å². The number of halogens is 2. The first kappa shape index (κ1) is 22.4. The second-order valence-electron chi connectivity index (χ2n) is 7.65. The van der Waals surface area contributed by atoms with Crippen molar-refractivity contribution in [2.24, 2.45) is 0 Å². The van der Waals surface area contributed by atoms with E-state index in [1.54, 1.807) is 31.4 Å². The molecular formula is C21H23F2N3O5S. The number of methoxy groups -OCH3 is 1. The van der Waals surface area contributed by atoms with Gasteiger partial charge in [-0.2, -0.15) is 4.31 Å². The van der Waals surface area contributed by atoms with Crippen LogP contribution >= 0.6 is 0 Å². The van der Waals surface area contributed by atoms with Crippen LogP contribution in [-0.2, 0) is 21.3 Å². The summed E-state index contributed by atoms with van der Waals surface area (Å²) in [5.74, 6) is -1.14. The smallest absolute Gasteiger partial charge is 0.322 e. The summed E-state index contributed by atoms with van der Waals surface area (Å²) in [6, 6.07) is 8.71. The summed E-state index contributed by atoms with van der Waals surface area (Å²) in [4.78, 5) is 14.1. The van der Waals surface area contributed by atoms with Crippen LogP contribution in [0, 0.1) is 11.6 Å². The summed E-state index contributed by atoms with van der Waals surface area (Å²) in [6.45, 7) is 0.367. The molecular weight excluding hydrogens is 444 g/mol. The van der Waals surface area contributed by atoms with Crippen LogP contribution < -0.4 is 10.1 Å². The van der Waals surface area contributed by atoms with Crippen molar-refractivity contribution in [2.45, 2.75) is 18.7 Å². The monoisotopic (exact) mass is 467 g/mol. The lowest BCUT2D eigenvalue weighted by Crippen LogP contribution is -2.45. The first-order chi connectivity index (χ1) is 15.3. The molecule has 4 rings (SSSR count). The van der Waals surface area contributed by atoms with Crippen molar-refractivity contribution in [1.29, 1.82) is 0 Å². The number of carbonyl (C=O) groups is 1. The van der Waals surface area contributed by atoms with Crippen LogP contribution in [0.15, 0.2) is 42.5 Å². The molecule has 1 N–H and O–H groups in total. The minimum Gasteiger partial charge on any atom is -0.497 e. The van der Waals surface area contributed by atoms with E-state index in [-0.39, 0.29) is 37.7 Å². The van der Waals surface area contributed by atoms with Gasteiger partial charge in [0.2, 0.25) is 10.0 Å². The quantitative estimate of drug-likeness (QED) is 0.746. The fourth-order valence-electron chi connectivity index (χ4n) is 3.90. The van der Waals surface area contributed by atoms with Gasteiger partial charge in [-0.15, -0.1) is 0 Å². The van der Waals surface area contributed by atoms with E-state index in [0.717, 1.165) is 17.7 Å². The molecule has 0 radical (unpaired) electrons. The molecule has 2 aromatic rings. The number of ether oxygens (including phenoxy) is 2. The largest absolute Gasteiger partial charge is 0.497 e. The lowest BCUT2D eigenvalue weighted by molar-refractivity contribution is 0.0472. The number of rotatable bonds is 4. The SMILES string of the molecule is COc1ccc(CN2[C@@H]3CN(C(=O)Nc4ccc(F)cc4F)C[C@@H]3OCCS2(=O)=O)cc1. The molecule has 0 saturated carbocycles. The summed E-state index contributed by atoms with van der Waals surface area (Å²) in [5.41, 5.74) is 0.610. The van der Waals surface area contributed by atoms with Crippen molar-refractivity contribution < 1.29 is 31.5 Å². The standard InChI is InChI=1S/C21H23F2N3O5S/c1-30-16-5-2-14(3-6-16)11-26-19-12-25(13-20(19)31-8-9-32(26,28)29)21(27)24-18-7-4-15(22)10-17(18)23/h2-7,10,19-20H,8-9,11-13H2,1H3,(H,24,27)/t19-,20+/m1/s1. The minimum atomic E-state index is -3.63. The van der Waals surface area contributed by atoms with Crippen molar-refractivity contribution in [3.63, 3.8) is 0 Å². The van der Waals surface area contributed by atoms with Crippen molar-refractivity contribution in [2.75, 3.05) is 37.9 Å². The number of fused-ring (bicyclic) bond motifs is 1. The molecule has 8 nitrogen and oxygen atoms in total. The highest BCUT2D eigenvalue weighted by Crippen LogP contribution is 2.28. The Morgan fingerprint density at radius 3 is 2.62 bits per heavy atom. The van der Waals surface area contributed by atoms with Crippen LogP contribution in [0.2, 0.25) is 0 Å². The fourth-order valence-corrected chi connectivity index (χ4v) is 5.40. The van der Waals surface area contributed by atoms with Gasteiger partial charge in [0.15, 0.2) is 0 Å². The number of hydrogen-bond acceptors (Lipinski definition) is 5. The molecule has 172 valence electrons. The molecule has 0 aromatic heterocycles. The highest BCUT2D eigenvalue weighted by atomic mass is 32.2. The molecule has 0 bridgehead atoms. The topological polar surface area (TPSA) is 88.2 Å². The minimum absolute atomic E-state index is 0.0185. The predicted molar refractivity (Wildman–Crippen MR) is 113 cm³/mol. The van der Waals surface area contributed by atoms with E-state index >= 15 is 0 Å². The average molecular weight is 467 g/mol. The molecule has 2 saturated heterocycles. The molecule has 2 atom stereocenters. The van der Waals surface area contributed by atoms with Gasteiger partial charge >= 0.3 is 6.03 Å². The van der Waals surface area contributed by atoms with E-state index in [1.807, 2.05) is 0 Å². The Kier molecular flexibility index (Phi) is 6.31. The number of benzene rings is 2. The number of anilines is 1. The molecule has 32 heavy (non-hydrogen) atoms. The Hall–Kier alpha value is -2.76. The van der Waals surface area contributed by atoms with Crippen LogP contribution in [0.4, 0.5) is 19.3 Å². The van der Waals surface area contributed by atoms with E-state index in [9.17, 15) is 22.0 Å². The highest BCUT2D eigenvalue weighted by Gasteiger charge is 2.45. The second-order valence-corrected chi connectivity index (χ2v) is 9.69. The maximum absolute atomic E-state index is 13.9. The Morgan fingerprint density at radius 1 is 1.19 bits per heavy atom. The summed E-state index contributed by atoms with van der Waals surface area (Å²) in [6.07, 6.45) is -0.519. The Labute approximate surface area is 184 Å². The number of nitrogens with zero attached hydrogens (tertiary/aromatic N) is 2. The molecule has 2 aromatic carbocycles. The molecule has 11 heteroatoms. The summed E-state index contributed by atoms with van der Waals surface area (Å²) in [7, 11) is -2.08. The predicted octanol–water partition coefficient (Wildman–Crippen LogP) is 2.42. The number of urea groups is 1.